The Morgan fingerprint density at radius 3 is 2.16 bits per heavy atom. The van der Waals surface area contributed by atoms with Crippen LogP contribution in [0.3, 0.4) is 0 Å². The van der Waals surface area contributed by atoms with E-state index in [2.05, 4.69) is 25.3 Å². The highest BCUT2D eigenvalue weighted by atomic mass is 19.4. The number of piperidine rings is 1. The molecule has 5 N–H and O–H groups in total. The first-order valence-corrected chi connectivity index (χ1v) is 14.0. The Bertz CT molecular complexity index is 1700. The summed E-state index contributed by atoms with van der Waals surface area (Å²) in [6.07, 6.45) is -3.27. The van der Waals surface area contributed by atoms with Crippen molar-refractivity contribution in [3.05, 3.63) is 53.6 Å². The van der Waals surface area contributed by atoms with Crippen molar-refractivity contribution in [2.45, 2.75) is 80.3 Å². The van der Waals surface area contributed by atoms with Crippen LogP contribution in [-0.4, -0.2) is 70.0 Å². The van der Waals surface area contributed by atoms with Gasteiger partial charge in [-0.1, -0.05) is 6.07 Å². The summed E-state index contributed by atoms with van der Waals surface area (Å²) in [4.78, 5) is 27.5. The second kappa shape index (κ2) is 9.61. The van der Waals surface area contributed by atoms with Crippen LogP contribution in [-0.2, 0) is 5.54 Å². The standard InChI is InChI=1S/C27H26F6N10O/c28-26(29,30)25(35,27(31,32)33)18-6-3-13(9-36-18)17-10-39-43-21(34)19(12-1-2-12)20(40-23(17)43)14-7-15-4-5-16(8-14)42(15)24(44)22-37-11-38-41-22/h3,6,9-12,14-16H,1-2,4-5,7-8,34-35H2,(H,37,38,41). The minimum absolute atomic E-state index is 0.0335. The SMILES string of the molecule is Nc1c(C2CC2)c(C2CC3CCC(C2)N3C(=O)c2ncn[nH]2)nc2c(-c3ccc(C(N)(C(F)(F)F)C(F)(F)F)nc3)cnn12. The van der Waals surface area contributed by atoms with Gasteiger partial charge < -0.3 is 16.4 Å². The van der Waals surface area contributed by atoms with E-state index < -0.39 is 23.6 Å². The molecule has 4 aromatic rings. The van der Waals surface area contributed by atoms with E-state index >= 15 is 0 Å². The Balaban J connectivity index is 1.26. The number of aromatic amines is 1. The topological polar surface area (TPSA) is 157 Å². The summed E-state index contributed by atoms with van der Waals surface area (Å²) in [7, 11) is 0. The number of rotatable bonds is 5. The Morgan fingerprint density at radius 2 is 1.61 bits per heavy atom. The number of nitrogens with zero attached hydrogens (tertiary/aromatic N) is 7. The van der Waals surface area contributed by atoms with E-state index in [1.807, 2.05) is 4.90 Å². The molecule has 17 heteroatoms. The summed E-state index contributed by atoms with van der Waals surface area (Å²) in [6.45, 7) is 0. The quantitative estimate of drug-likeness (QED) is 0.280. The third-order valence-electron chi connectivity index (χ3n) is 9.08. The molecule has 1 aliphatic carbocycles. The predicted octanol–water partition coefficient (Wildman–Crippen LogP) is 4.20. The van der Waals surface area contributed by atoms with Crippen LogP contribution < -0.4 is 11.5 Å². The van der Waals surface area contributed by atoms with Gasteiger partial charge in [-0.3, -0.25) is 14.9 Å². The molecule has 2 aliphatic heterocycles. The third kappa shape index (κ3) is 4.22. The van der Waals surface area contributed by atoms with Crippen molar-refractivity contribution in [2.24, 2.45) is 5.73 Å². The number of alkyl halides is 6. The number of fused-ring (bicyclic) bond motifs is 3. The van der Waals surface area contributed by atoms with Gasteiger partial charge in [0, 0.05) is 40.9 Å². The van der Waals surface area contributed by atoms with Crippen LogP contribution in [0.5, 0.6) is 0 Å². The zero-order chi connectivity index (χ0) is 31.2. The molecule has 2 unspecified atom stereocenters. The Morgan fingerprint density at radius 1 is 0.932 bits per heavy atom. The van der Waals surface area contributed by atoms with Crippen LogP contribution in [0.4, 0.5) is 32.2 Å². The van der Waals surface area contributed by atoms with Crippen LogP contribution >= 0.6 is 0 Å². The van der Waals surface area contributed by atoms with Crippen molar-refractivity contribution >= 4 is 17.4 Å². The zero-order valence-corrected chi connectivity index (χ0v) is 22.9. The van der Waals surface area contributed by atoms with Gasteiger partial charge in [-0.15, -0.1) is 0 Å². The van der Waals surface area contributed by atoms with Crippen LogP contribution in [0.25, 0.3) is 16.8 Å². The largest absolute Gasteiger partial charge is 0.421 e. The number of carbonyl (C=O) groups is 1. The minimum atomic E-state index is -5.83. The summed E-state index contributed by atoms with van der Waals surface area (Å²) < 4.78 is 82.4. The summed E-state index contributed by atoms with van der Waals surface area (Å²) in [5.41, 5.74) is 8.03. The van der Waals surface area contributed by atoms with Crippen LogP contribution in [0.1, 0.15) is 77.9 Å². The molecule has 3 aliphatic rings. The molecular weight excluding hydrogens is 594 g/mol. The van der Waals surface area contributed by atoms with E-state index in [-0.39, 0.29) is 41.2 Å². The molecule has 232 valence electrons. The first kappa shape index (κ1) is 28.5. The highest BCUT2D eigenvalue weighted by Gasteiger charge is 2.70. The molecule has 7 rings (SSSR count). The first-order valence-electron chi connectivity index (χ1n) is 14.0. The van der Waals surface area contributed by atoms with Gasteiger partial charge in [-0.05, 0) is 50.5 Å². The highest BCUT2D eigenvalue weighted by Crippen LogP contribution is 2.51. The third-order valence-corrected chi connectivity index (χ3v) is 9.08. The average Bonchev–Trinajstić information content (AvgIpc) is 3.35. The molecule has 2 atom stereocenters. The van der Waals surface area contributed by atoms with Gasteiger partial charge in [-0.25, -0.2) is 9.97 Å². The molecule has 44 heavy (non-hydrogen) atoms. The van der Waals surface area contributed by atoms with E-state index in [1.165, 1.54) is 17.0 Å². The average molecular weight is 621 g/mol. The maximum atomic E-state index is 13.5. The highest BCUT2D eigenvalue weighted by molar-refractivity contribution is 5.91. The fourth-order valence-electron chi connectivity index (χ4n) is 6.75. The second-order valence-electron chi connectivity index (χ2n) is 11.7. The van der Waals surface area contributed by atoms with Crippen molar-refractivity contribution < 1.29 is 31.1 Å². The van der Waals surface area contributed by atoms with Gasteiger partial charge in [0.05, 0.1) is 17.6 Å². The fourth-order valence-corrected chi connectivity index (χ4v) is 6.75. The Labute approximate surface area is 245 Å². The van der Waals surface area contributed by atoms with Crippen molar-refractivity contribution in [3.63, 3.8) is 0 Å². The predicted molar refractivity (Wildman–Crippen MR) is 142 cm³/mol. The lowest BCUT2D eigenvalue weighted by atomic mass is 9.85. The molecule has 1 saturated carbocycles. The molecule has 1 amide bonds. The van der Waals surface area contributed by atoms with E-state index in [4.69, 9.17) is 16.5 Å². The molecule has 6 heterocycles. The Hall–Kier alpha value is -4.28. The van der Waals surface area contributed by atoms with Gasteiger partial charge in [0.25, 0.3) is 11.4 Å². The number of carbonyl (C=O) groups excluding carboxylic acids is 1. The molecular formula is C27H26F6N10O. The number of anilines is 1. The minimum Gasteiger partial charge on any atom is -0.383 e. The molecule has 2 saturated heterocycles. The lowest BCUT2D eigenvalue weighted by Crippen LogP contribution is -2.61. The smallest absolute Gasteiger partial charge is 0.383 e. The maximum absolute atomic E-state index is 13.5. The summed E-state index contributed by atoms with van der Waals surface area (Å²) in [5.74, 6) is 0.526. The molecule has 3 fully saturated rings. The van der Waals surface area contributed by atoms with Crippen LogP contribution in [0.2, 0.25) is 0 Å². The number of hydrogen-bond acceptors (Lipinski definition) is 8. The number of H-pyrrole nitrogens is 1. The van der Waals surface area contributed by atoms with E-state index in [9.17, 15) is 31.1 Å². The van der Waals surface area contributed by atoms with Gasteiger partial charge in [0.15, 0.2) is 5.65 Å². The number of nitrogens with two attached hydrogens (primary N) is 2. The zero-order valence-electron chi connectivity index (χ0n) is 22.9. The summed E-state index contributed by atoms with van der Waals surface area (Å²) in [5, 5.41) is 10.8. The van der Waals surface area contributed by atoms with Gasteiger partial charge in [0.2, 0.25) is 5.82 Å². The molecule has 2 bridgehead atoms. The number of pyridine rings is 1. The van der Waals surface area contributed by atoms with Crippen molar-refractivity contribution in [3.8, 4) is 11.1 Å². The fraction of sp³-hybridized carbons (Fsp3) is 0.481. The lowest BCUT2D eigenvalue weighted by Gasteiger charge is -2.39. The number of hydrogen-bond donors (Lipinski definition) is 3. The second-order valence-corrected chi connectivity index (χ2v) is 11.7. The molecule has 4 aromatic heterocycles. The lowest BCUT2D eigenvalue weighted by molar-refractivity contribution is -0.303. The van der Waals surface area contributed by atoms with Crippen LogP contribution in [0.15, 0.2) is 30.9 Å². The number of amides is 1. The van der Waals surface area contributed by atoms with E-state index in [1.54, 1.807) is 0 Å². The van der Waals surface area contributed by atoms with E-state index in [0.717, 1.165) is 49.2 Å². The van der Waals surface area contributed by atoms with Crippen molar-refractivity contribution in [1.29, 1.82) is 0 Å². The van der Waals surface area contributed by atoms with E-state index in [0.29, 0.717) is 35.9 Å². The van der Waals surface area contributed by atoms with Gasteiger partial charge in [0.1, 0.15) is 12.1 Å². The number of halogens is 6. The molecule has 0 spiro atoms. The summed E-state index contributed by atoms with van der Waals surface area (Å²) in [6, 6.07) is 1.62. The molecule has 0 aromatic carbocycles. The normalized spacial score (nSPS) is 22.6. The number of nitrogens with one attached hydrogen (secondary N) is 1. The van der Waals surface area contributed by atoms with Crippen molar-refractivity contribution in [2.75, 3.05) is 5.73 Å². The van der Waals surface area contributed by atoms with Gasteiger partial charge >= 0.3 is 12.4 Å². The maximum Gasteiger partial charge on any atom is 0.421 e. The summed E-state index contributed by atoms with van der Waals surface area (Å²) >= 11 is 0. The van der Waals surface area contributed by atoms with Gasteiger partial charge in [-0.2, -0.15) is 41.1 Å². The molecule has 0 radical (unpaired) electrons. The number of nitrogen functional groups attached to an aromatic ring is 1. The first-order chi connectivity index (χ1) is 20.8. The van der Waals surface area contributed by atoms with Crippen molar-refractivity contribution in [1.82, 2.24) is 39.7 Å². The Kier molecular flexibility index (Phi) is 6.22. The number of aromatic nitrogens is 7. The monoisotopic (exact) mass is 620 g/mol. The molecule has 11 nitrogen and oxygen atoms in total. The van der Waals surface area contributed by atoms with Crippen LogP contribution in [0, 0.1) is 0 Å².